The Bertz CT molecular complexity index is 139. The van der Waals surface area contributed by atoms with Crippen molar-refractivity contribution < 1.29 is 4.79 Å². The summed E-state index contributed by atoms with van der Waals surface area (Å²) in [6.07, 6.45) is 7.61. The van der Waals surface area contributed by atoms with Gasteiger partial charge in [-0.2, -0.15) is 12.6 Å². The molecule has 2 nitrogen and oxygen atoms in total. The maximum Gasteiger partial charge on any atom is 0.219 e. The van der Waals surface area contributed by atoms with Crippen molar-refractivity contribution in [3.8, 4) is 0 Å². The highest BCUT2D eigenvalue weighted by Crippen LogP contribution is 2.05. The van der Waals surface area contributed by atoms with Crippen molar-refractivity contribution in [3.05, 3.63) is 0 Å². The van der Waals surface area contributed by atoms with Crippen LogP contribution in [0.4, 0.5) is 0 Å². The van der Waals surface area contributed by atoms with Crippen LogP contribution in [0.3, 0.4) is 0 Å². The van der Waals surface area contributed by atoms with Crippen molar-refractivity contribution in [1.29, 1.82) is 0 Å². The average molecular weight is 217 g/mol. The fourth-order valence-electron chi connectivity index (χ4n) is 1.28. The first kappa shape index (κ1) is 13.8. The monoisotopic (exact) mass is 217 g/mol. The summed E-state index contributed by atoms with van der Waals surface area (Å²) in [6.45, 7) is 2.89. The summed E-state index contributed by atoms with van der Waals surface area (Å²) in [6, 6.07) is 0. The molecule has 0 aliphatic carbocycles. The molecule has 0 aliphatic rings. The molecule has 0 saturated carbocycles. The number of carbonyl (C=O) groups is 1. The molecular weight excluding hydrogens is 194 g/mol. The topological polar surface area (TPSA) is 29.1 Å². The standard InChI is InChI=1S/C11H23NOS/c1-2-9-12-11(13)8-6-4-3-5-7-10-14/h14H,2-10H2,1H3,(H,12,13). The molecule has 0 rings (SSSR count). The van der Waals surface area contributed by atoms with Gasteiger partial charge in [0.1, 0.15) is 0 Å². The second-order valence-corrected chi connectivity index (χ2v) is 4.04. The van der Waals surface area contributed by atoms with Gasteiger partial charge in [-0.15, -0.1) is 0 Å². The van der Waals surface area contributed by atoms with Gasteiger partial charge in [-0.25, -0.2) is 0 Å². The van der Waals surface area contributed by atoms with Gasteiger partial charge >= 0.3 is 0 Å². The highest BCUT2D eigenvalue weighted by Gasteiger charge is 1.98. The molecule has 0 atom stereocenters. The van der Waals surface area contributed by atoms with Crippen molar-refractivity contribution >= 4 is 18.5 Å². The summed E-state index contributed by atoms with van der Waals surface area (Å²) < 4.78 is 0. The van der Waals surface area contributed by atoms with E-state index in [9.17, 15) is 4.79 Å². The van der Waals surface area contributed by atoms with Gasteiger partial charge in [-0.1, -0.05) is 26.2 Å². The lowest BCUT2D eigenvalue weighted by molar-refractivity contribution is -0.121. The van der Waals surface area contributed by atoms with E-state index in [-0.39, 0.29) is 5.91 Å². The minimum atomic E-state index is 0.209. The zero-order chi connectivity index (χ0) is 10.6. The molecule has 0 aliphatic heterocycles. The van der Waals surface area contributed by atoms with E-state index in [4.69, 9.17) is 0 Å². The number of unbranched alkanes of at least 4 members (excludes halogenated alkanes) is 4. The van der Waals surface area contributed by atoms with E-state index in [1.165, 1.54) is 25.7 Å². The summed E-state index contributed by atoms with van der Waals surface area (Å²) in [7, 11) is 0. The van der Waals surface area contributed by atoms with E-state index in [1.54, 1.807) is 0 Å². The van der Waals surface area contributed by atoms with Crippen LogP contribution in [0.2, 0.25) is 0 Å². The van der Waals surface area contributed by atoms with Crippen LogP contribution in [0.25, 0.3) is 0 Å². The zero-order valence-corrected chi connectivity index (χ0v) is 10.1. The van der Waals surface area contributed by atoms with Gasteiger partial charge in [0, 0.05) is 13.0 Å². The van der Waals surface area contributed by atoms with Crippen molar-refractivity contribution in [2.24, 2.45) is 0 Å². The average Bonchev–Trinajstić information content (AvgIpc) is 2.20. The predicted molar refractivity (Wildman–Crippen MR) is 64.9 cm³/mol. The first-order valence-electron chi connectivity index (χ1n) is 5.68. The van der Waals surface area contributed by atoms with E-state index < -0.39 is 0 Å². The molecule has 0 unspecified atom stereocenters. The molecule has 3 heteroatoms. The fraction of sp³-hybridized carbons (Fsp3) is 0.909. The van der Waals surface area contributed by atoms with Crippen molar-refractivity contribution in [2.75, 3.05) is 12.3 Å². The second kappa shape index (κ2) is 10.9. The van der Waals surface area contributed by atoms with Crippen LogP contribution < -0.4 is 5.32 Å². The zero-order valence-electron chi connectivity index (χ0n) is 9.22. The van der Waals surface area contributed by atoms with E-state index in [0.717, 1.165) is 25.1 Å². The summed E-state index contributed by atoms with van der Waals surface area (Å²) in [5.41, 5.74) is 0. The number of thiol groups is 1. The molecule has 84 valence electrons. The van der Waals surface area contributed by atoms with E-state index in [1.807, 2.05) is 0 Å². The Balaban J connectivity index is 3.07. The molecule has 1 amide bonds. The number of rotatable bonds is 9. The molecule has 0 fully saturated rings. The van der Waals surface area contributed by atoms with Gasteiger partial charge in [0.15, 0.2) is 0 Å². The van der Waals surface area contributed by atoms with Gasteiger partial charge in [-0.05, 0) is 25.0 Å². The van der Waals surface area contributed by atoms with Gasteiger partial charge < -0.3 is 5.32 Å². The van der Waals surface area contributed by atoms with Gasteiger partial charge in [0.2, 0.25) is 5.91 Å². The maximum absolute atomic E-state index is 11.2. The van der Waals surface area contributed by atoms with Crippen LogP contribution in [0, 0.1) is 0 Å². The molecule has 1 N–H and O–H groups in total. The number of amides is 1. The Labute approximate surface area is 93.3 Å². The smallest absolute Gasteiger partial charge is 0.219 e. The summed E-state index contributed by atoms with van der Waals surface area (Å²) >= 11 is 4.15. The molecule has 0 aromatic rings. The quantitative estimate of drug-likeness (QED) is 0.451. The number of carbonyl (C=O) groups excluding carboxylic acids is 1. The van der Waals surface area contributed by atoms with Gasteiger partial charge in [0.25, 0.3) is 0 Å². The van der Waals surface area contributed by atoms with Crippen LogP contribution in [0.5, 0.6) is 0 Å². The first-order valence-corrected chi connectivity index (χ1v) is 6.32. The maximum atomic E-state index is 11.2. The fourth-order valence-corrected chi connectivity index (χ4v) is 1.50. The third-order valence-electron chi connectivity index (χ3n) is 2.13. The van der Waals surface area contributed by atoms with Crippen LogP contribution in [0.1, 0.15) is 51.9 Å². The number of nitrogens with one attached hydrogen (secondary N) is 1. The first-order chi connectivity index (χ1) is 6.81. The minimum absolute atomic E-state index is 0.209. The Morgan fingerprint density at radius 2 is 1.79 bits per heavy atom. The Morgan fingerprint density at radius 3 is 2.43 bits per heavy atom. The summed E-state index contributed by atoms with van der Waals surface area (Å²) in [5, 5.41) is 2.88. The van der Waals surface area contributed by atoms with E-state index in [2.05, 4.69) is 24.9 Å². The van der Waals surface area contributed by atoms with E-state index >= 15 is 0 Å². The van der Waals surface area contributed by atoms with Crippen molar-refractivity contribution in [2.45, 2.75) is 51.9 Å². The lowest BCUT2D eigenvalue weighted by Gasteiger charge is -2.02. The molecule has 0 bridgehead atoms. The normalized spacial score (nSPS) is 10.1. The number of hydrogen-bond acceptors (Lipinski definition) is 2. The molecule has 0 heterocycles. The highest BCUT2D eigenvalue weighted by atomic mass is 32.1. The molecule has 0 aromatic heterocycles. The minimum Gasteiger partial charge on any atom is -0.356 e. The van der Waals surface area contributed by atoms with Gasteiger partial charge in [-0.3, -0.25) is 4.79 Å². The van der Waals surface area contributed by atoms with Crippen LogP contribution in [-0.2, 0) is 4.79 Å². The third kappa shape index (κ3) is 9.90. The van der Waals surface area contributed by atoms with Crippen LogP contribution in [-0.4, -0.2) is 18.2 Å². The SMILES string of the molecule is CCCNC(=O)CCCCCCCS. The molecule has 0 radical (unpaired) electrons. The lowest BCUT2D eigenvalue weighted by Crippen LogP contribution is -2.23. The summed E-state index contributed by atoms with van der Waals surface area (Å²) in [5.74, 6) is 1.19. The van der Waals surface area contributed by atoms with Gasteiger partial charge in [0.05, 0.1) is 0 Å². The Hall–Kier alpha value is -0.180. The summed E-state index contributed by atoms with van der Waals surface area (Å²) in [4.78, 5) is 11.2. The van der Waals surface area contributed by atoms with Crippen molar-refractivity contribution in [1.82, 2.24) is 5.32 Å². The Kier molecular flexibility index (Phi) is 10.8. The third-order valence-corrected chi connectivity index (χ3v) is 2.45. The Morgan fingerprint density at radius 1 is 1.14 bits per heavy atom. The van der Waals surface area contributed by atoms with Crippen molar-refractivity contribution in [3.63, 3.8) is 0 Å². The largest absolute Gasteiger partial charge is 0.356 e. The molecule has 0 aromatic carbocycles. The molecule has 0 spiro atoms. The molecule has 14 heavy (non-hydrogen) atoms. The van der Waals surface area contributed by atoms with E-state index in [0.29, 0.717) is 6.42 Å². The predicted octanol–water partition coefficient (Wildman–Crippen LogP) is 2.78. The molecule has 0 saturated heterocycles. The van der Waals surface area contributed by atoms with Crippen LogP contribution >= 0.6 is 12.6 Å². The van der Waals surface area contributed by atoms with Crippen LogP contribution in [0.15, 0.2) is 0 Å². The lowest BCUT2D eigenvalue weighted by atomic mass is 10.1. The second-order valence-electron chi connectivity index (χ2n) is 3.59. The molecular formula is C11H23NOS. The number of hydrogen-bond donors (Lipinski definition) is 2. The highest BCUT2D eigenvalue weighted by molar-refractivity contribution is 7.80.